The van der Waals surface area contributed by atoms with Crippen molar-refractivity contribution in [2.45, 2.75) is 18.1 Å². The van der Waals surface area contributed by atoms with Crippen molar-refractivity contribution in [2.24, 2.45) is 0 Å². The van der Waals surface area contributed by atoms with Gasteiger partial charge in [-0.05, 0) is 25.6 Å². The second-order valence-corrected chi connectivity index (χ2v) is 6.40. The van der Waals surface area contributed by atoms with Gasteiger partial charge < -0.3 is 5.32 Å². The quantitative estimate of drug-likeness (QED) is 0.776. The van der Waals surface area contributed by atoms with Crippen LogP contribution in [0.5, 0.6) is 0 Å². The highest BCUT2D eigenvalue weighted by molar-refractivity contribution is 7.91. The van der Waals surface area contributed by atoms with E-state index in [0.717, 1.165) is 11.4 Å². The van der Waals surface area contributed by atoms with Gasteiger partial charge in [-0.15, -0.1) is 23.7 Å². The van der Waals surface area contributed by atoms with E-state index >= 15 is 0 Å². The molecule has 16 heavy (non-hydrogen) atoms. The molecule has 0 aliphatic carbocycles. The number of sulfonamides is 1. The van der Waals surface area contributed by atoms with Gasteiger partial charge in [0.05, 0.1) is 0 Å². The van der Waals surface area contributed by atoms with Gasteiger partial charge in [0.25, 0.3) is 0 Å². The Balaban J connectivity index is 0.00000225. The van der Waals surface area contributed by atoms with Gasteiger partial charge in [0.2, 0.25) is 10.0 Å². The highest BCUT2D eigenvalue weighted by atomic mass is 35.5. The Hall–Kier alpha value is -0.140. The molecule has 0 bridgehead atoms. The maximum Gasteiger partial charge on any atom is 0.250 e. The van der Waals surface area contributed by atoms with Gasteiger partial charge in [-0.1, -0.05) is 6.92 Å². The molecule has 0 unspecified atom stereocenters. The summed E-state index contributed by atoms with van der Waals surface area (Å²) in [5.74, 6) is 0. The predicted octanol–water partition coefficient (Wildman–Crippen LogP) is 1.37. The molecule has 0 spiro atoms. The fourth-order valence-electron chi connectivity index (χ4n) is 1.08. The smallest absolute Gasteiger partial charge is 0.250 e. The molecule has 7 heteroatoms. The Kier molecular flexibility index (Phi) is 7.17. The molecule has 0 fully saturated rings. The number of likely N-dealkylation sites (N-methyl/N-ethyl adjacent to an activating group) is 1. The van der Waals surface area contributed by atoms with E-state index in [1.165, 1.54) is 11.3 Å². The summed E-state index contributed by atoms with van der Waals surface area (Å²) in [6, 6.07) is 3.44. The number of hydrogen-bond acceptors (Lipinski definition) is 4. The fourth-order valence-corrected chi connectivity index (χ4v) is 3.44. The van der Waals surface area contributed by atoms with E-state index in [1.807, 2.05) is 19.9 Å². The van der Waals surface area contributed by atoms with Crippen LogP contribution in [0.1, 0.15) is 11.8 Å². The molecule has 94 valence electrons. The molecule has 0 saturated heterocycles. The van der Waals surface area contributed by atoms with E-state index in [2.05, 4.69) is 10.0 Å². The van der Waals surface area contributed by atoms with Crippen molar-refractivity contribution in [3.8, 4) is 0 Å². The lowest BCUT2D eigenvalue weighted by atomic mass is 10.5. The number of rotatable bonds is 6. The van der Waals surface area contributed by atoms with Gasteiger partial charge in [0.1, 0.15) is 4.21 Å². The van der Waals surface area contributed by atoms with Gasteiger partial charge in [-0.3, -0.25) is 0 Å². The third-order valence-corrected chi connectivity index (χ3v) is 4.78. The predicted molar refractivity (Wildman–Crippen MR) is 70.0 cm³/mol. The average Bonchev–Trinajstić information content (AvgIpc) is 2.60. The first-order chi connectivity index (χ1) is 7.06. The van der Waals surface area contributed by atoms with Crippen molar-refractivity contribution in [3.05, 3.63) is 17.0 Å². The highest BCUT2D eigenvalue weighted by Gasteiger charge is 2.14. The third kappa shape index (κ3) is 4.80. The van der Waals surface area contributed by atoms with Crippen LogP contribution in [0.15, 0.2) is 16.3 Å². The minimum absolute atomic E-state index is 0. The van der Waals surface area contributed by atoms with Gasteiger partial charge in [-0.25, -0.2) is 13.1 Å². The summed E-state index contributed by atoms with van der Waals surface area (Å²) < 4.78 is 26.3. The lowest BCUT2D eigenvalue weighted by molar-refractivity contribution is 0.579. The van der Waals surface area contributed by atoms with Crippen LogP contribution in [0, 0.1) is 6.92 Å². The van der Waals surface area contributed by atoms with Crippen molar-refractivity contribution in [1.82, 2.24) is 10.0 Å². The lowest BCUT2D eigenvalue weighted by Gasteiger charge is -2.04. The fraction of sp³-hybridized carbons (Fsp3) is 0.556. The molecular weight excluding hydrogens is 268 g/mol. The van der Waals surface area contributed by atoms with Crippen LogP contribution >= 0.6 is 23.7 Å². The van der Waals surface area contributed by atoms with E-state index < -0.39 is 10.0 Å². The van der Waals surface area contributed by atoms with Gasteiger partial charge in [0, 0.05) is 18.0 Å². The van der Waals surface area contributed by atoms with Gasteiger partial charge >= 0.3 is 0 Å². The average molecular weight is 285 g/mol. The summed E-state index contributed by atoms with van der Waals surface area (Å²) >= 11 is 1.29. The van der Waals surface area contributed by atoms with E-state index in [4.69, 9.17) is 0 Å². The third-order valence-electron chi connectivity index (χ3n) is 1.82. The minimum atomic E-state index is -3.29. The molecule has 0 aliphatic heterocycles. The molecule has 0 amide bonds. The second kappa shape index (κ2) is 7.24. The van der Waals surface area contributed by atoms with Crippen LogP contribution in [0.25, 0.3) is 0 Å². The number of halogens is 1. The zero-order valence-electron chi connectivity index (χ0n) is 9.32. The molecule has 1 rings (SSSR count). The summed E-state index contributed by atoms with van der Waals surface area (Å²) in [4.78, 5) is 1.00. The Morgan fingerprint density at radius 3 is 2.50 bits per heavy atom. The number of hydrogen-bond donors (Lipinski definition) is 2. The molecule has 0 aliphatic rings. The Bertz CT molecular complexity index is 403. The van der Waals surface area contributed by atoms with Crippen molar-refractivity contribution < 1.29 is 8.42 Å². The molecule has 0 radical (unpaired) electrons. The Morgan fingerprint density at radius 1 is 1.31 bits per heavy atom. The molecule has 0 saturated carbocycles. The largest absolute Gasteiger partial charge is 0.316 e. The zero-order valence-corrected chi connectivity index (χ0v) is 11.8. The van der Waals surface area contributed by atoms with Crippen molar-refractivity contribution in [2.75, 3.05) is 19.6 Å². The summed E-state index contributed by atoms with van der Waals surface area (Å²) in [6.07, 6.45) is 0. The van der Waals surface area contributed by atoms with Crippen LogP contribution in [0.2, 0.25) is 0 Å². The summed E-state index contributed by atoms with van der Waals surface area (Å²) in [5, 5.41) is 3.05. The van der Waals surface area contributed by atoms with Gasteiger partial charge in [0.15, 0.2) is 0 Å². The number of thiophene rings is 1. The molecule has 1 aromatic heterocycles. The zero-order chi connectivity index (χ0) is 11.3. The molecule has 2 N–H and O–H groups in total. The van der Waals surface area contributed by atoms with E-state index in [-0.39, 0.29) is 12.4 Å². The standard InChI is InChI=1S/C9H16N2O2S2.ClH/c1-3-10-6-7-11-15(12,13)9-5-4-8(2)14-9;/h4-5,10-11H,3,6-7H2,1-2H3;1H. The summed E-state index contributed by atoms with van der Waals surface area (Å²) in [6.45, 7) is 5.80. The molecule has 4 nitrogen and oxygen atoms in total. The SMILES string of the molecule is CCNCCNS(=O)(=O)c1ccc(C)s1.Cl. The summed E-state index contributed by atoms with van der Waals surface area (Å²) in [5.41, 5.74) is 0. The molecule has 0 aromatic carbocycles. The second-order valence-electron chi connectivity index (χ2n) is 3.12. The topological polar surface area (TPSA) is 58.2 Å². The first kappa shape index (κ1) is 15.9. The van der Waals surface area contributed by atoms with Crippen LogP contribution < -0.4 is 10.0 Å². The van der Waals surface area contributed by atoms with Crippen LogP contribution in [-0.4, -0.2) is 28.1 Å². The van der Waals surface area contributed by atoms with Crippen molar-refractivity contribution in [3.63, 3.8) is 0 Å². The maximum atomic E-state index is 11.7. The molecular formula is C9H17ClN2O2S2. The summed E-state index contributed by atoms with van der Waals surface area (Å²) in [7, 11) is -3.29. The normalized spacial score (nSPS) is 11.1. The lowest BCUT2D eigenvalue weighted by Crippen LogP contribution is -2.31. The monoisotopic (exact) mass is 284 g/mol. The first-order valence-electron chi connectivity index (χ1n) is 4.83. The van der Waals surface area contributed by atoms with E-state index in [9.17, 15) is 8.42 Å². The minimum Gasteiger partial charge on any atom is -0.316 e. The van der Waals surface area contributed by atoms with Gasteiger partial charge in [-0.2, -0.15) is 0 Å². The molecule has 1 heterocycles. The van der Waals surface area contributed by atoms with Crippen molar-refractivity contribution in [1.29, 1.82) is 0 Å². The van der Waals surface area contributed by atoms with Crippen LogP contribution in [0.3, 0.4) is 0 Å². The highest BCUT2D eigenvalue weighted by Crippen LogP contribution is 2.19. The van der Waals surface area contributed by atoms with E-state index in [0.29, 0.717) is 17.3 Å². The number of nitrogens with one attached hydrogen (secondary N) is 2. The Labute approximate surface area is 107 Å². The number of aryl methyl sites for hydroxylation is 1. The Morgan fingerprint density at radius 2 is 2.00 bits per heavy atom. The van der Waals surface area contributed by atoms with Crippen molar-refractivity contribution >= 4 is 33.8 Å². The van der Waals surface area contributed by atoms with E-state index in [1.54, 1.807) is 6.07 Å². The molecule has 1 aromatic rings. The van der Waals surface area contributed by atoms with Crippen LogP contribution in [0.4, 0.5) is 0 Å². The maximum absolute atomic E-state index is 11.7. The first-order valence-corrected chi connectivity index (χ1v) is 7.13. The molecule has 0 atom stereocenters. The van der Waals surface area contributed by atoms with Crippen LogP contribution in [-0.2, 0) is 10.0 Å².